The van der Waals surface area contributed by atoms with Crippen molar-refractivity contribution < 1.29 is 19.2 Å². The van der Waals surface area contributed by atoms with E-state index in [2.05, 4.69) is 26.1 Å². The average molecular weight is 313 g/mol. The fraction of sp³-hybridized carbons (Fsp3) is 0.182. The molecule has 0 atom stereocenters. The van der Waals surface area contributed by atoms with Crippen molar-refractivity contribution in [2.24, 2.45) is 0 Å². The Morgan fingerprint density at radius 1 is 1.39 bits per heavy atom. The van der Waals surface area contributed by atoms with E-state index in [9.17, 15) is 4.79 Å². The number of rotatable bonds is 5. The van der Waals surface area contributed by atoms with Crippen LogP contribution in [0.25, 0.3) is 0 Å². The number of aromatic nitrogens is 2. The van der Waals surface area contributed by atoms with Gasteiger partial charge in [0.15, 0.2) is 6.61 Å². The number of aliphatic carboxylic acids is 1. The van der Waals surface area contributed by atoms with E-state index in [-0.39, 0.29) is 18.9 Å². The molecular formula is C11H9BrN2O4. The van der Waals surface area contributed by atoms with Crippen LogP contribution < -0.4 is 4.74 Å². The van der Waals surface area contributed by atoms with Crippen LogP contribution in [-0.4, -0.2) is 21.2 Å². The van der Waals surface area contributed by atoms with Gasteiger partial charge in [0.1, 0.15) is 12.2 Å². The number of ether oxygens (including phenoxy) is 1. The number of hydrogen-bond donors (Lipinski definition) is 1. The van der Waals surface area contributed by atoms with Crippen LogP contribution in [0, 0.1) is 0 Å². The molecule has 0 aliphatic heterocycles. The van der Waals surface area contributed by atoms with Crippen molar-refractivity contribution in [1.29, 1.82) is 0 Å². The highest BCUT2D eigenvalue weighted by Crippen LogP contribution is 2.16. The molecule has 7 heteroatoms. The number of hydrogen-bond acceptors (Lipinski definition) is 5. The third-order valence-electron chi connectivity index (χ3n) is 1.99. The maximum absolute atomic E-state index is 10.4. The van der Waals surface area contributed by atoms with Crippen LogP contribution in [0.15, 0.2) is 33.3 Å². The van der Waals surface area contributed by atoms with Crippen molar-refractivity contribution >= 4 is 21.9 Å². The molecular weight excluding hydrogens is 304 g/mol. The highest BCUT2D eigenvalue weighted by molar-refractivity contribution is 9.10. The third kappa shape index (κ3) is 3.56. The fourth-order valence-electron chi connectivity index (χ4n) is 1.23. The normalized spacial score (nSPS) is 10.3. The lowest BCUT2D eigenvalue weighted by Crippen LogP contribution is -2.01. The maximum Gasteiger partial charge on any atom is 0.312 e. The molecule has 0 bridgehead atoms. The highest BCUT2D eigenvalue weighted by atomic mass is 79.9. The van der Waals surface area contributed by atoms with E-state index in [1.807, 2.05) is 12.1 Å². The van der Waals surface area contributed by atoms with Crippen LogP contribution in [-0.2, 0) is 17.8 Å². The molecule has 2 aromatic rings. The minimum atomic E-state index is -1.01. The second-order valence-corrected chi connectivity index (χ2v) is 4.33. The summed E-state index contributed by atoms with van der Waals surface area (Å²) in [5.41, 5.74) is 0. The summed E-state index contributed by atoms with van der Waals surface area (Å²) in [5.74, 6) is 0.0351. The average Bonchev–Trinajstić information content (AvgIpc) is 2.75. The Morgan fingerprint density at radius 3 is 2.78 bits per heavy atom. The fourth-order valence-corrected chi connectivity index (χ4v) is 1.49. The Kier molecular flexibility index (Phi) is 3.93. The summed E-state index contributed by atoms with van der Waals surface area (Å²) in [6.45, 7) is 0.130. The molecule has 1 heterocycles. The van der Waals surface area contributed by atoms with Gasteiger partial charge in [-0.05, 0) is 24.3 Å². The Labute approximate surface area is 111 Å². The number of carbonyl (C=O) groups is 1. The van der Waals surface area contributed by atoms with E-state index >= 15 is 0 Å². The summed E-state index contributed by atoms with van der Waals surface area (Å²) in [4.78, 5) is 14.3. The van der Waals surface area contributed by atoms with E-state index in [0.717, 1.165) is 4.47 Å². The number of carboxylic acids is 1. The molecule has 0 saturated heterocycles. The summed E-state index contributed by atoms with van der Waals surface area (Å²) in [6, 6.07) is 7.29. The molecule has 18 heavy (non-hydrogen) atoms. The van der Waals surface area contributed by atoms with Gasteiger partial charge in [-0.2, -0.15) is 4.98 Å². The SMILES string of the molecule is O=C(O)Cc1nc(COc2ccc(Br)cc2)no1. The number of halogens is 1. The first-order valence-corrected chi connectivity index (χ1v) is 5.84. The van der Waals surface area contributed by atoms with E-state index < -0.39 is 5.97 Å². The molecule has 0 aliphatic carbocycles. The first-order valence-electron chi connectivity index (χ1n) is 5.05. The summed E-state index contributed by atoms with van der Waals surface area (Å²) in [6.07, 6.45) is -0.286. The first-order chi connectivity index (χ1) is 8.63. The Hall–Kier alpha value is -1.89. The number of benzene rings is 1. The topological polar surface area (TPSA) is 85.5 Å². The first kappa shape index (κ1) is 12.6. The number of carboxylic acid groups (broad SMARTS) is 1. The molecule has 94 valence electrons. The van der Waals surface area contributed by atoms with Gasteiger partial charge in [-0.15, -0.1) is 0 Å². The van der Waals surface area contributed by atoms with Gasteiger partial charge in [0.2, 0.25) is 11.7 Å². The molecule has 0 unspecified atom stereocenters. The summed E-state index contributed by atoms with van der Waals surface area (Å²) in [5, 5.41) is 12.2. The Bertz CT molecular complexity index is 538. The summed E-state index contributed by atoms with van der Waals surface area (Å²) in [7, 11) is 0. The number of nitrogens with zero attached hydrogens (tertiary/aromatic N) is 2. The molecule has 1 N–H and O–H groups in total. The molecule has 0 spiro atoms. The molecule has 2 rings (SSSR count). The van der Waals surface area contributed by atoms with Crippen molar-refractivity contribution in [2.75, 3.05) is 0 Å². The van der Waals surface area contributed by atoms with E-state index in [4.69, 9.17) is 14.4 Å². The van der Waals surface area contributed by atoms with Gasteiger partial charge in [-0.25, -0.2) is 0 Å². The summed E-state index contributed by atoms with van der Waals surface area (Å²) < 4.78 is 11.1. The van der Waals surface area contributed by atoms with Gasteiger partial charge >= 0.3 is 5.97 Å². The van der Waals surface area contributed by atoms with Crippen LogP contribution in [0.4, 0.5) is 0 Å². The maximum atomic E-state index is 10.4. The van der Waals surface area contributed by atoms with Gasteiger partial charge in [0, 0.05) is 4.47 Å². The van der Waals surface area contributed by atoms with Crippen molar-refractivity contribution in [3.63, 3.8) is 0 Å². The second-order valence-electron chi connectivity index (χ2n) is 3.42. The molecule has 0 saturated carbocycles. The monoisotopic (exact) mass is 312 g/mol. The van der Waals surface area contributed by atoms with Crippen LogP contribution in [0.1, 0.15) is 11.7 Å². The summed E-state index contributed by atoms with van der Waals surface area (Å²) >= 11 is 3.32. The lowest BCUT2D eigenvalue weighted by Gasteiger charge is -2.02. The minimum absolute atomic E-state index is 0.0666. The van der Waals surface area contributed by atoms with Gasteiger partial charge in [0.05, 0.1) is 0 Å². The highest BCUT2D eigenvalue weighted by Gasteiger charge is 2.10. The van der Waals surface area contributed by atoms with E-state index in [1.54, 1.807) is 12.1 Å². The standard InChI is InChI=1S/C11H9BrN2O4/c12-7-1-3-8(4-2-7)17-6-9-13-10(18-14-9)5-11(15)16/h1-4H,5-6H2,(H,15,16). The molecule has 6 nitrogen and oxygen atoms in total. The minimum Gasteiger partial charge on any atom is -0.485 e. The lowest BCUT2D eigenvalue weighted by atomic mass is 10.3. The smallest absolute Gasteiger partial charge is 0.312 e. The zero-order chi connectivity index (χ0) is 13.0. The van der Waals surface area contributed by atoms with Gasteiger partial charge < -0.3 is 14.4 Å². The quantitative estimate of drug-likeness (QED) is 0.909. The van der Waals surface area contributed by atoms with Crippen molar-refractivity contribution in [3.05, 3.63) is 40.5 Å². The Morgan fingerprint density at radius 2 is 2.11 bits per heavy atom. The van der Waals surface area contributed by atoms with Crippen LogP contribution in [0.5, 0.6) is 5.75 Å². The van der Waals surface area contributed by atoms with Crippen LogP contribution in [0.2, 0.25) is 0 Å². The Balaban J connectivity index is 1.92. The van der Waals surface area contributed by atoms with Crippen LogP contribution >= 0.6 is 15.9 Å². The van der Waals surface area contributed by atoms with Crippen molar-refractivity contribution in [3.8, 4) is 5.75 Å². The van der Waals surface area contributed by atoms with Gasteiger partial charge in [-0.1, -0.05) is 21.1 Å². The molecule has 0 fully saturated rings. The van der Waals surface area contributed by atoms with E-state index in [1.165, 1.54) is 0 Å². The molecule has 0 aliphatic rings. The molecule has 0 radical (unpaired) electrons. The van der Waals surface area contributed by atoms with E-state index in [0.29, 0.717) is 11.6 Å². The van der Waals surface area contributed by atoms with Crippen molar-refractivity contribution in [2.45, 2.75) is 13.0 Å². The molecule has 1 aromatic carbocycles. The second kappa shape index (κ2) is 5.63. The zero-order valence-electron chi connectivity index (χ0n) is 9.17. The largest absolute Gasteiger partial charge is 0.485 e. The molecule has 1 aromatic heterocycles. The van der Waals surface area contributed by atoms with Gasteiger partial charge in [-0.3, -0.25) is 4.79 Å². The zero-order valence-corrected chi connectivity index (χ0v) is 10.8. The predicted octanol–water partition coefficient (Wildman–Crippen LogP) is 2.04. The molecule has 0 amide bonds. The van der Waals surface area contributed by atoms with Crippen LogP contribution in [0.3, 0.4) is 0 Å². The predicted molar refractivity (Wildman–Crippen MR) is 64.1 cm³/mol. The van der Waals surface area contributed by atoms with Crippen molar-refractivity contribution in [1.82, 2.24) is 10.1 Å². The third-order valence-corrected chi connectivity index (χ3v) is 2.52. The van der Waals surface area contributed by atoms with Gasteiger partial charge in [0.25, 0.3) is 0 Å². The lowest BCUT2D eigenvalue weighted by molar-refractivity contribution is -0.136.